The van der Waals surface area contributed by atoms with Crippen molar-refractivity contribution in [1.29, 1.82) is 0 Å². The Morgan fingerprint density at radius 3 is 2.85 bits per heavy atom. The number of rotatable bonds is 5. The largest absolute Gasteiger partial charge is 0.481 e. The number of aromatic nitrogens is 3. The molecule has 1 aromatic heterocycles. The van der Waals surface area contributed by atoms with Gasteiger partial charge in [-0.25, -0.2) is 9.67 Å². The Bertz CT molecular complexity index is 623. The molecule has 0 spiro atoms. The van der Waals surface area contributed by atoms with Crippen LogP contribution in [0.1, 0.15) is 30.7 Å². The van der Waals surface area contributed by atoms with E-state index >= 15 is 0 Å². The Morgan fingerprint density at radius 1 is 1.50 bits per heavy atom. The van der Waals surface area contributed by atoms with Gasteiger partial charge in [-0.05, 0) is 42.4 Å². The summed E-state index contributed by atoms with van der Waals surface area (Å²) < 4.78 is 1.59. The number of carboxylic acid groups (broad SMARTS) is 1. The van der Waals surface area contributed by atoms with E-state index < -0.39 is 5.97 Å². The third-order valence-corrected chi connectivity index (χ3v) is 3.95. The molecule has 6 heteroatoms. The van der Waals surface area contributed by atoms with E-state index in [0.29, 0.717) is 10.9 Å². The molecule has 1 fully saturated rings. The van der Waals surface area contributed by atoms with Crippen molar-refractivity contribution in [3.8, 4) is 5.69 Å². The van der Waals surface area contributed by atoms with Crippen LogP contribution < -0.4 is 0 Å². The summed E-state index contributed by atoms with van der Waals surface area (Å²) in [7, 11) is 0. The predicted molar refractivity (Wildman–Crippen MR) is 74.1 cm³/mol. The maximum atomic E-state index is 11.0. The normalized spacial score (nSPS) is 16.1. The highest BCUT2D eigenvalue weighted by Gasteiger charge is 2.33. The molecule has 1 aromatic carbocycles. The van der Waals surface area contributed by atoms with Gasteiger partial charge in [0, 0.05) is 0 Å². The molecule has 20 heavy (non-hydrogen) atoms. The van der Waals surface area contributed by atoms with Crippen molar-refractivity contribution in [3.63, 3.8) is 0 Å². The van der Waals surface area contributed by atoms with Gasteiger partial charge in [-0.15, -0.1) is 0 Å². The van der Waals surface area contributed by atoms with Crippen molar-refractivity contribution in [3.05, 3.63) is 41.4 Å². The SMILES string of the molecule is O=C(O)CC(c1ccc(-n2cncn2)c(Cl)c1)C1CC1. The van der Waals surface area contributed by atoms with E-state index in [2.05, 4.69) is 10.1 Å². The molecule has 1 aliphatic rings. The van der Waals surface area contributed by atoms with Gasteiger partial charge in [-0.3, -0.25) is 4.79 Å². The van der Waals surface area contributed by atoms with Gasteiger partial charge < -0.3 is 5.11 Å². The fraction of sp³-hybridized carbons (Fsp3) is 0.357. The quantitative estimate of drug-likeness (QED) is 0.920. The van der Waals surface area contributed by atoms with E-state index in [4.69, 9.17) is 16.7 Å². The standard InChI is InChI=1S/C14H14ClN3O2/c15-12-5-10(11(6-14(19)20)9-1-2-9)3-4-13(12)18-8-16-7-17-18/h3-5,7-9,11H,1-2,6H2,(H,19,20). The van der Waals surface area contributed by atoms with Gasteiger partial charge in [0.05, 0.1) is 17.1 Å². The predicted octanol–water partition coefficient (Wildman–Crippen LogP) is 2.89. The summed E-state index contributed by atoms with van der Waals surface area (Å²) in [6.07, 6.45) is 5.38. The van der Waals surface area contributed by atoms with E-state index in [0.717, 1.165) is 24.1 Å². The number of halogens is 1. The van der Waals surface area contributed by atoms with Crippen LogP contribution in [0.25, 0.3) is 5.69 Å². The molecule has 1 N–H and O–H groups in total. The van der Waals surface area contributed by atoms with Crippen molar-refractivity contribution in [2.75, 3.05) is 0 Å². The fourth-order valence-electron chi connectivity index (χ4n) is 2.52. The molecule has 0 amide bonds. The highest BCUT2D eigenvalue weighted by atomic mass is 35.5. The highest BCUT2D eigenvalue weighted by molar-refractivity contribution is 6.32. The molecule has 5 nitrogen and oxygen atoms in total. The summed E-state index contributed by atoms with van der Waals surface area (Å²) in [5.41, 5.74) is 1.74. The van der Waals surface area contributed by atoms with Gasteiger partial charge in [0.25, 0.3) is 0 Å². The Hall–Kier alpha value is -1.88. The number of hydrogen-bond acceptors (Lipinski definition) is 3. The first-order chi connectivity index (χ1) is 9.65. The molecule has 3 rings (SSSR count). The van der Waals surface area contributed by atoms with Crippen molar-refractivity contribution in [2.24, 2.45) is 5.92 Å². The number of aliphatic carboxylic acids is 1. The lowest BCUT2D eigenvalue weighted by Gasteiger charge is -2.16. The maximum absolute atomic E-state index is 11.0. The molecule has 104 valence electrons. The number of hydrogen-bond donors (Lipinski definition) is 1. The van der Waals surface area contributed by atoms with Crippen LogP contribution in [0.5, 0.6) is 0 Å². The van der Waals surface area contributed by atoms with Crippen molar-refractivity contribution < 1.29 is 9.90 Å². The molecule has 1 saturated carbocycles. The minimum Gasteiger partial charge on any atom is -0.481 e. The van der Waals surface area contributed by atoms with Gasteiger partial charge in [0.1, 0.15) is 12.7 Å². The average molecular weight is 292 g/mol. The van der Waals surface area contributed by atoms with Crippen LogP contribution in [0, 0.1) is 5.92 Å². The van der Waals surface area contributed by atoms with E-state index in [-0.39, 0.29) is 12.3 Å². The van der Waals surface area contributed by atoms with E-state index in [1.54, 1.807) is 11.0 Å². The Morgan fingerprint density at radius 2 is 2.30 bits per heavy atom. The second-order valence-electron chi connectivity index (χ2n) is 5.09. The average Bonchev–Trinajstić information content (AvgIpc) is 3.11. The van der Waals surface area contributed by atoms with Gasteiger partial charge in [-0.2, -0.15) is 5.10 Å². The van der Waals surface area contributed by atoms with Gasteiger partial charge in [-0.1, -0.05) is 17.7 Å². The first-order valence-corrected chi connectivity index (χ1v) is 6.89. The lowest BCUT2D eigenvalue weighted by molar-refractivity contribution is -0.137. The van der Waals surface area contributed by atoms with Crippen LogP contribution in [0.3, 0.4) is 0 Å². The van der Waals surface area contributed by atoms with Crippen LogP contribution in [0.4, 0.5) is 0 Å². The van der Waals surface area contributed by atoms with E-state index in [1.807, 2.05) is 18.2 Å². The van der Waals surface area contributed by atoms with Gasteiger partial charge >= 0.3 is 5.97 Å². The fourth-order valence-corrected chi connectivity index (χ4v) is 2.79. The second-order valence-corrected chi connectivity index (χ2v) is 5.50. The van der Waals surface area contributed by atoms with Crippen LogP contribution in [-0.2, 0) is 4.79 Å². The van der Waals surface area contributed by atoms with Crippen molar-refractivity contribution >= 4 is 17.6 Å². The summed E-state index contributed by atoms with van der Waals surface area (Å²) in [4.78, 5) is 14.9. The van der Waals surface area contributed by atoms with Crippen LogP contribution >= 0.6 is 11.6 Å². The summed E-state index contributed by atoms with van der Waals surface area (Å²) in [6.45, 7) is 0. The van der Waals surface area contributed by atoms with Crippen molar-refractivity contribution in [2.45, 2.75) is 25.2 Å². The third-order valence-electron chi connectivity index (χ3n) is 3.65. The molecule has 1 heterocycles. The summed E-state index contributed by atoms with van der Waals surface area (Å²) in [5.74, 6) is -0.243. The molecule has 0 radical (unpaired) electrons. The lowest BCUT2D eigenvalue weighted by atomic mass is 9.91. The molecule has 0 bridgehead atoms. The number of nitrogens with zero attached hydrogens (tertiary/aromatic N) is 3. The Kier molecular flexibility index (Phi) is 3.44. The summed E-state index contributed by atoms with van der Waals surface area (Å²) in [6, 6.07) is 5.66. The van der Waals surface area contributed by atoms with Crippen LogP contribution in [-0.4, -0.2) is 25.8 Å². The maximum Gasteiger partial charge on any atom is 0.303 e. The van der Waals surface area contributed by atoms with Crippen LogP contribution in [0.2, 0.25) is 5.02 Å². The minimum absolute atomic E-state index is 0.0507. The third kappa shape index (κ3) is 2.67. The molecular weight excluding hydrogens is 278 g/mol. The van der Waals surface area contributed by atoms with Gasteiger partial charge in [0.15, 0.2) is 0 Å². The number of carbonyl (C=O) groups is 1. The summed E-state index contributed by atoms with van der Waals surface area (Å²) >= 11 is 6.29. The zero-order valence-electron chi connectivity index (χ0n) is 10.7. The van der Waals surface area contributed by atoms with E-state index in [9.17, 15) is 4.79 Å². The lowest BCUT2D eigenvalue weighted by Crippen LogP contribution is -2.09. The molecule has 0 saturated heterocycles. The molecule has 1 aliphatic carbocycles. The molecular formula is C14H14ClN3O2. The van der Waals surface area contributed by atoms with Crippen LogP contribution in [0.15, 0.2) is 30.9 Å². The highest BCUT2D eigenvalue weighted by Crippen LogP contribution is 2.45. The molecule has 2 aromatic rings. The van der Waals surface area contributed by atoms with Gasteiger partial charge in [0.2, 0.25) is 0 Å². The Balaban J connectivity index is 1.90. The second kappa shape index (κ2) is 5.25. The molecule has 1 unspecified atom stereocenters. The number of carboxylic acids is 1. The minimum atomic E-state index is -0.765. The first kappa shape index (κ1) is 13.1. The van der Waals surface area contributed by atoms with E-state index in [1.165, 1.54) is 6.33 Å². The first-order valence-electron chi connectivity index (χ1n) is 6.51. The zero-order valence-corrected chi connectivity index (χ0v) is 11.5. The Labute approximate surface area is 121 Å². The molecule has 0 aliphatic heterocycles. The zero-order chi connectivity index (χ0) is 14.1. The summed E-state index contributed by atoms with van der Waals surface area (Å²) in [5, 5.41) is 13.6. The smallest absolute Gasteiger partial charge is 0.303 e. The number of benzene rings is 1. The molecule has 1 atom stereocenters. The monoisotopic (exact) mass is 291 g/mol. The van der Waals surface area contributed by atoms with Crippen molar-refractivity contribution in [1.82, 2.24) is 14.8 Å². The topological polar surface area (TPSA) is 68.0 Å².